The summed E-state index contributed by atoms with van der Waals surface area (Å²) < 4.78 is 53.8. The van der Waals surface area contributed by atoms with Crippen molar-refractivity contribution in [3.8, 4) is 0 Å². The fraction of sp³-hybridized carbons (Fsp3) is 0.400. The second-order valence-electron chi connectivity index (χ2n) is 6.86. The van der Waals surface area contributed by atoms with Crippen LogP contribution in [0.4, 0.5) is 11.4 Å². The van der Waals surface area contributed by atoms with Crippen molar-refractivity contribution in [2.45, 2.75) is 37.5 Å². The molecule has 1 aliphatic heterocycles. The van der Waals surface area contributed by atoms with Crippen LogP contribution in [-0.2, 0) is 20.0 Å². The van der Waals surface area contributed by atoms with Crippen molar-refractivity contribution in [3.05, 3.63) is 54.6 Å². The highest BCUT2D eigenvalue weighted by Crippen LogP contribution is 2.28. The van der Waals surface area contributed by atoms with Gasteiger partial charge in [-0.05, 0) is 55.7 Å². The molecule has 0 unspecified atom stereocenters. The predicted octanol–water partition coefficient (Wildman–Crippen LogP) is 3.61. The molecule has 1 fully saturated rings. The Morgan fingerprint density at radius 2 is 1.68 bits per heavy atom. The first kappa shape index (κ1) is 20.7. The van der Waals surface area contributed by atoms with Crippen LogP contribution in [0.3, 0.4) is 0 Å². The second-order valence-corrected chi connectivity index (χ2v) is 10.7. The van der Waals surface area contributed by atoms with Gasteiger partial charge in [0.15, 0.2) is 0 Å². The lowest BCUT2D eigenvalue weighted by Crippen LogP contribution is -2.37. The summed E-state index contributed by atoms with van der Waals surface area (Å²) in [5.74, 6) is 0.131. The van der Waals surface area contributed by atoms with Crippen LogP contribution in [0.1, 0.15) is 32.6 Å². The molecule has 0 radical (unpaired) electrons. The van der Waals surface area contributed by atoms with Crippen LogP contribution in [0.5, 0.6) is 0 Å². The quantitative estimate of drug-likeness (QED) is 0.683. The van der Waals surface area contributed by atoms with Gasteiger partial charge in [0.05, 0.1) is 22.0 Å². The molecule has 28 heavy (non-hydrogen) atoms. The van der Waals surface area contributed by atoms with Crippen LogP contribution in [0.25, 0.3) is 0 Å². The van der Waals surface area contributed by atoms with Gasteiger partial charge in [-0.3, -0.25) is 8.61 Å². The van der Waals surface area contributed by atoms with Crippen LogP contribution in [0.15, 0.2) is 59.5 Å². The maximum Gasteiger partial charge on any atom is 0.264 e. The topological polar surface area (TPSA) is 74.8 Å². The van der Waals surface area contributed by atoms with E-state index in [2.05, 4.69) is 0 Å². The van der Waals surface area contributed by atoms with E-state index in [0.29, 0.717) is 30.9 Å². The van der Waals surface area contributed by atoms with Gasteiger partial charge in [0, 0.05) is 13.1 Å². The van der Waals surface area contributed by atoms with Crippen molar-refractivity contribution in [1.29, 1.82) is 0 Å². The Labute approximate surface area is 167 Å². The molecule has 0 N–H and O–H groups in total. The molecule has 3 rings (SSSR count). The van der Waals surface area contributed by atoms with E-state index in [1.165, 1.54) is 20.7 Å². The molecule has 0 aromatic heterocycles. The first-order valence-corrected chi connectivity index (χ1v) is 12.6. The van der Waals surface area contributed by atoms with E-state index in [1.807, 2.05) is 25.1 Å². The minimum Gasteiger partial charge on any atom is -0.270 e. The molecular weight excluding hydrogens is 396 g/mol. The molecule has 152 valence electrons. The van der Waals surface area contributed by atoms with Crippen LogP contribution in [0, 0.1) is 0 Å². The zero-order valence-corrected chi connectivity index (χ0v) is 17.6. The molecular formula is C20H26N2O4S2. The summed E-state index contributed by atoms with van der Waals surface area (Å²) >= 11 is 0. The van der Waals surface area contributed by atoms with Crippen molar-refractivity contribution in [3.63, 3.8) is 0 Å². The number of para-hydroxylation sites is 1. The Bertz CT molecular complexity index is 988. The molecule has 8 heteroatoms. The highest BCUT2D eigenvalue weighted by atomic mass is 32.2. The Hall–Kier alpha value is -2.06. The Kier molecular flexibility index (Phi) is 6.30. The minimum absolute atomic E-state index is 0.131. The average Bonchev–Trinajstić information content (AvgIpc) is 2.69. The van der Waals surface area contributed by atoms with Crippen LogP contribution in [0.2, 0.25) is 0 Å². The van der Waals surface area contributed by atoms with Crippen molar-refractivity contribution in [2.24, 2.45) is 0 Å². The molecule has 0 atom stereocenters. The lowest BCUT2D eigenvalue weighted by Gasteiger charge is -2.28. The molecule has 0 aliphatic carbocycles. The van der Waals surface area contributed by atoms with Crippen LogP contribution >= 0.6 is 0 Å². The van der Waals surface area contributed by atoms with Crippen molar-refractivity contribution in [1.82, 2.24) is 0 Å². The summed E-state index contributed by atoms with van der Waals surface area (Å²) in [7, 11) is -7.06. The lowest BCUT2D eigenvalue weighted by molar-refractivity contribution is 0.574. The Balaban J connectivity index is 1.92. The molecule has 1 heterocycles. The van der Waals surface area contributed by atoms with Gasteiger partial charge in [-0.1, -0.05) is 31.5 Å². The zero-order chi connectivity index (χ0) is 20.2. The highest BCUT2D eigenvalue weighted by Gasteiger charge is 2.28. The number of benzene rings is 2. The smallest absolute Gasteiger partial charge is 0.264 e. The van der Waals surface area contributed by atoms with Gasteiger partial charge in [-0.25, -0.2) is 16.8 Å². The van der Waals surface area contributed by atoms with E-state index in [-0.39, 0.29) is 10.6 Å². The van der Waals surface area contributed by atoms with E-state index >= 15 is 0 Å². The number of rotatable bonds is 7. The summed E-state index contributed by atoms with van der Waals surface area (Å²) in [6, 6.07) is 15.2. The summed E-state index contributed by atoms with van der Waals surface area (Å²) in [4.78, 5) is 0.158. The maximum absolute atomic E-state index is 13.2. The van der Waals surface area contributed by atoms with E-state index in [0.717, 1.165) is 19.3 Å². The molecule has 0 spiro atoms. The summed E-state index contributed by atoms with van der Waals surface area (Å²) in [6.45, 7) is 2.84. The van der Waals surface area contributed by atoms with Crippen LogP contribution in [-0.4, -0.2) is 35.7 Å². The fourth-order valence-electron chi connectivity index (χ4n) is 3.27. The van der Waals surface area contributed by atoms with Gasteiger partial charge >= 0.3 is 0 Å². The largest absolute Gasteiger partial charge is 0.270 e. The third kappa shape index (κ3) is 4.33. The van der Waals surface area contributed by atoms with E-state index < -0.39 is 20.0 Å². The van der Waals surface area contributed by atoms with Gasteiger partial charge in [0.2, 0.25) is 10.0 Å². The molecule has 0 amide bonds. The van der Waals surface area contributed by atoms with Gasteiger partial charge < -0.3 is 0 Å². The van der Waals surface area contributed by atoms with Gasteiger partial charge in [-0.15, -0.1) is 0 Å². The first-order valence-electron chi connectivity index (χ1n) is 9.54. The minimum atomic E-state index is -3.74. The third-order valence-corrected chi connectivity index (χ3v) is 8.53. The van der Waals surface area contributed by atoms with Crippen molar-refractivity contribution in [2.75, 3.05) is 27.5 Å². The molecule has 1 saturated heterocycles. The van der Waals surface area contributed by atoms with Crippen molar-refractivity contribution < 1.29 is 16.8 Å². The summed E-state index contributed by atoms with van der Waals surface area (Å²) in [5.41, 5.74) is 1.14. The maximum atomic E-state index is 13.2. The fourth-order valence-corrected chi connectivity index (χ4v) is 6.42. The van der Waals surface area contributed by atoms with E-state index in [4.69, 9.17) is 0 Å². The number of unbranched alkanes of at least 4 members (excludes halogenated alkanes) is 1. The molecule has 0 bridgehead atoms. The highest BCUT2D eigenvalue weighted by molar-refractivity contribution is 7.93. The van der Waals surface area contributed by atoms with Gasteiger partial charge in [-0.2, -0.15) is 0 Å². The molecule has 1 aliphatic rings. The molecule has 6 nitrogen and oxygen atoms in total. The van der Waals surface area contributed by atoms with E-state index in [9.17, 15) is 16.8 Å². The van der Waals surface area contributed by atoms with Crippen molar-refractivity contribution >= 4 is 31.4 Å². The normalized spacial score (nSPS) is 16.7. The molecule has 2 aromatic rings. The number of hydrogen-bond acceptors (Lipinski definition) is 4. The van der Waals surface area contributed by atoms with Gasteiger partial charge in [0.25, 0.3) is 10.0 Å². The Morgan fingerprint density at radius 3 is 2.29 bits per heavy atom. The number of hydrogen-bond donors (Lipinski definition) is 0. The molecule has 2 aromatic carbocycles. The number of nitrogens with zero attached hydrogens (tertiary/aromatic N) is 2. The number of anilines is 2. The molecule has 0 saturated carbocycles. The zero-order valence-electron chi connectivity index (χ0n) is 16.0. The monoisotopic (exact) mass is 422 g/mol. The Morgan fingerprint density at radius 1 is 1.00 bits per heavy atom. The third-order valence-electron chi connectivity index (χ3n) is 4.82. The average molecular weight is 423 g/mol. The number of sulfonamides is 2. The lowest BCUT2D eigenvalue weighted by atomic mass is 10.3. The second kappa shape index (κ2) is 8.53. The van der Waals surface area contributed by atoms with Gasteiger partial charge in [0.1, 0.15) is 0 Å². The summed E-state index contributed by atoms with van der Waals surface area (Å²) in [6.07, 6.45) is 3.09. The predicted molar refractivity (Wildman–Crippen MR) is 113 cm³/mol. The first-order chi connectivity index (χ1) is 13.4. The SMILES string of the molecule is CCCCN(c1ccccc1)S(=O)(=O)c1ccc(N2CCCCS2(=O)=O)cc1. The van der Waals surface area contributed by atoms with E-state index in [1.54, 1.807) is 24.3 Å². The van der Waals surface area contributed by atoms with Crippen LogP contribution < -0.4 is 8.61 Å². The standard InChI is InChI=1S/C20H26N2O4S2/c1-2-3-15-22(18-9-5-4-6-10-18)28(25,26)20-13-11-19(12-14-20)21-16-7-8-17-27(21,23)24/h4-6,9-14H,2-3,7-8,15-17H2,1H3. The summed E-state index contributed by atoms with van der Waals surface area (Å²) in [5, 5.41) is 0.